The lowest BCUT2D eigenvalue weighted by Gasteiger charge is -2.16. The molecule has 146 valence electrons. The van der Waals surface area contributed by atoms with E-state index in [0.717, 1.165) is 29.7 Å². The number of carbonyl (C=O) groups excluding carboxylic acids is 1. The number of ether oxygens (including phenoxy) is 1. The number of aryl methyl sites for hydroxylation is 1. The topological polar surface area (TPSA) is 71.5 Å². The van der Waals surface area contributed by atoms with Gasteiger partial charge in [-0.1, -0.05) is 32.4 Å². The number of aliphatic hydroxyl groups excluding tert-OH is 1. The molecule has 1 unspecified atom stereocenters. The van der Waals surface area contributed by atoms with E-state index in [2.05, 4.69) is 10.3 Å². The smallest absolute Gasteiger partial charge is 0.256 e. The van der Waals surface area contributed by atoms with E-state index in [1.165, 1.54) is 19.2 Å². The van der Waals surface area contributed by atoms with Gasteiger partial charge in [-0.05, 0) is 42.5 Å². The molecule has 0 bridgehead atoms. The van der Waals surface area contributed by atoms with Crippen LogP contribution in [0, 0.1) is 11.7 Å². The Bertz CT molecular complexity index is 759. The molecule has 1 aromatic heterocycles. The Hall–Kier alpha value is -2.47. The largest absolute Gasteiger partial charge is 0.480 e. The second-order valence-electron chi connectivity index (χ2n) is 6.46. The first-order valence-corrected chi connectivity index (χ1v) is 9.26. The van der Waals surface area contributed by atoms with Gasteiger partial charge in [-0.15, -0.1) is 0 Å². The molecule has 1 atom stereocenters. The fraction of sp³-hybridized carbons (Fsp3) is 0.429. The zero-order valence-corrected chi connectivity index (χ0v) is 16.1. The molecule has 0 radical (unpaired) electrons. The fourth-order valence-electron chi connectivity index (χ4n) is 2.83. The minimum absolute atomic E-state index is 0.00355. The number of methoxy groups -OCH3 is 1. The minimum atomic E-state index is -0.315. The minimum Gasteiger partial charge on any atom is -0.480 e. The van der Waals surface area contributed by atoms with Gasteiger partial charge < -0.3 is 15.2 Å². The third-order valence-corrected chi connectivity index (χ3v) is 4.53. The molecule has 1 aromatic carbocycles. The van der Waals surface area contributed by atoms with E-state index < -0.39 is 0 Å². The highest BCUT2D eigenvalue weighted by molar-refractivity contribution is 5.97. The first-order valence-electron chi connectivity index (χ1n) is 9.26. The highest BCUT2D eigenvalue weighted by Gasteiger charge is 2.19. The second kappa shape index (κ2) is 10.0. The maximum Gasteiger partial charge on any atom is 0.256 e. The molecule has 0 saturated carbocycles. The molecule has 6 heteroatoms. The van der Waals surface area contributed by atoms with Crippen molar-refractivity contribution in [3.63, 3.8) is 0 Å². The van der Waals surface area contributed by atoms with Crippen molar-refractivity contribution in [2.75, 3.05) is 20.3 Å². The van der Waals surface area contributed by atoms with Gasteiger partial charge in [0.05, 0.1) is 12.8 Å². The predicted molar refractivity (Wildman–Crippen MR) is 103 cm³/mol. The summed E-state index contributed by atoms with van der Waals surface area (Å²) in [6.45, 7) is 4.39. The summed E-state index contributed by atoms with van der Waals surface area (Å²) in [5.74, 6) is -0.356. The molecule has 0 fully saturated rings. The summed E-state index contributed by atoms with van der Waals surface area (Å²) < 4.78 is 18.6. The number of nitrogens with one attached hydrogen (secondary N) is 1. The number of hydrogen-bond donors (Lipinski definition) is 2. The number of pyridine rings is 1. The van der Waals surface area contributed by atoms with E-state index in [1.807, 2.05) is 13.8 Å². The first kappa shape index (κ1) is 20.8. The van der Waals surface area contributed by atoms with E-state index >= 15 is 0 Å². The van der Waals surface area contributed by atoms with Gasteiger partial charge in [0.2, 0.25) is 5.88 Å². The van der Waals surface area contributed by atoms with E-state index in [4.69, 9.17) is 4.74 Å². The van der Waals surface area contributed by atoms with Crippen LogP contribution in [0.25, 0.3) is 11.1 Å². The van der Waals surface area contributed by atoms with E-state index in [-0.39, 0.29) is 30.1 Å². The number of carbonyl (C=O) groups is 1. The summed E-state index contributed by atoms with van der Waals surface area (Å²) in [5.41, 5.74) is 2.71. The standard InChI is InChI=1S/C21H27FN2O3/c1-4-6-19-17(15-7-9-16(22)10-8-15)11-18(21(24-19)27-3)20(26)23-12-14(5-2)13-25/h7-11,14,25H,4-6,12-13H2,1-3H3,(H,23,26). The van der Waals surface area contributed by atoms with E-state index in [9.17, 15) is 14.3 Å². The van der Waals surface area contributed by atoms with Gasteiger partial charge >= 0.3 is 0 Å². The highest BCUT2D eigenvalue weighted by atomic mass is 19.1. The molecule has 2 rings (SSSR count). The van der Waals surface area contributed by atoms with Gasteiger partial charge in [0.1, 0.15) is 11.4 Å². The Kier molecular flexibility index (Phi) is 7.73. The summed E-state index contributed by atoms with van der Waals surface area (Å²) in [7, 11) is 1.48. The molecule has 5 nitrogen and oxygen atoms in total. The Balaban J connectivity index is 2.42. The van der Waals surface area contributed by atoms with Crippen LogP contribution in [0.2, 0.25) is 0 Å². The Morgan fingerprint density at radius 2 is 2.00 bits per heavy atom. The maximum atomic E-state index is 13.3. The number of halogens is 1. The predicted octanol–water partition coefficient (Wildman–Crippen LogP) is 3.60. The van der Waals surface area contributed by atoms with E-state index in [0.29, 0.717) is 18.5 Å². The molecule has 1 heterocycles. The van der Waals surface area contributed by atoms with Gasteiger partial charge in [0.15, 0.2) is 0 Å². The van der Waals surface area contributed by atoms with Gasteiger partial charge in [0.25, 0.3) is 5.91 Å². The zero-order valence-electron chi connectivity index (χ0n) is 16.1. The molecule has 0 aliphatic rings. The van der Waals surface area contributed by atoms with Crippen molar-refractivity contribution in [3.05, 3.63) is 47.4 Å². The summed E-state index contributed by atoms with van der Waals surface area (Å²) in [6.07, 6.45) is 2.36. The lowest BCUT2D eigenvalue weighted by Crippen LogP contribution is -2.31. The van der Waals surface area contributed by atoms with Crippen LogP contribution in [0.1, 0.15) is 42.7 Å². The number of benzene rings is 1. The van der Waals surface area contributed by atoms with Gasteiger partial charge in [-0.3, -0.25) is 4.79 Å². The molecule has 2 aromatic rings. The molecular weight excluding hydrogens is 347 g/mol. The first-order chi connectivity index (χ1) is 13.0. The Morgan fingerprint density at radius 3 is 2.56 bits per heavy atom. The van der Waals surface area contributed by atoms with Gasteiger partial charge in [-0.25, -0.2) is 9.37 Å². The fourth-order valence-corrected chi connectivity index (χ4v) is 2.83. The van der Waals surface area contributed by atoms with Crippen molar-refractivity contribution >= 4 is 5.91 Å². The van der Waals surface area contributed by atoms with Crippen LogP contribution in [-0.2, 0) is 6.42 Å². The Morgan fingerprint density at radius 1 is 1.30 bits per heavy atom. The van der Waals surface area contributed by atoms with Crippen molar-refractivity contribution in [2.45, 2.75) is 33.1 Å². The third-order valence-electron chi connectivity index (χ3n) is 4.53. The Labute approximate surface area is 159 Å². The van der Waals surface area contributed by atoms with Crippen molar-refractivity contribution in [1.82, 2.24) is 10.3 Å². The lowest BCUT2D eigenvalue weighted by molar-refractivity contribution is 0.0935. The average Bonchev–Trinajstić information content (AvgIpc) is 2.69. The number of amides is 1. The molecule has 0 aliphatic carbocycles. The number of rotatable bonds is 9. The van der Waals surface area contributed by atoms with Gasteiger partial charge in [0, 0.05) is 18.7 Å². The number of aromatic nitrogens is 1. The van der Waals surface area contributed by atoms with Crippen LogP contribution in [0.15, 0.2) is 30.3 Å². The van der Waals surface area contributed by atoms with Gasteiger partial charge in [-0.2, -0.15) is 0 Å². The summed E-state index contributed by atoms with van der Waals surface area (Å²) >= 11 is 0. The summed E-state index contributed by atoms with van der Waals surface area (Å²) in [4.78, 5) is 17.2. The van der Waals surface area contributed by atoms with E-state index in [1.54, 1.807) is 18.2 Å². The normalized spacial score (nSPS) is 11.9. The van der Waals surface area contributed by atoms with Crippen LogP contribution < -0.4 is 10.1 Å². The monoisotopic (exact) mass is 374 g/mol. The second-order valence-corrected chi connectivity index (χ2v) is 6.46. The summed E-state index contributed by atoms with van der Waals surface area (Å²) in [6, 6.07) is 7.89. The molecule has 1 amide bonds. The van der Waals surface area contributed by atoms with Crippen molar-refractivity contribution < 1.29 is 19.0 Å². The number of aliphatic hydroxyl groups is 1. The van der Waals surface area contributed by atoms with Crippen molar-refractivity contribution in [3.8, 4) is 17.0 Å². The number of hydrogen-bond acceptors (Lipinski definition) is 4. The average molecular weight is 374 g/mol. The molecule has 0 aliphatic heterocycles. The number of nitrogens with zero attached hydrogens (tertiary/aromatic N) is 1. The van der Waals surface area contributed by atoms with Crippen molar-refractivity contribution in [2.24, 2.45) is 5.92 Å². The van der Waals surface area contributed by atoms with Crippen molar-refractivity contribution in [1.29, 1.82) is 0 Å². The zero-order chi connectivity index (χ0) is 19.8. The molecule has 2 N–H and O–H groups in total. The van der Waals surface area contributed by atoms with Crippen LogP contribution >= 0.6 is 0 Å². The van der Waals surface area contributed by atoms with Crippen LogP contribution in [-0.4, -0.2) is 36.3 Å². The van der Waals surface area contributed by atoms with Crippen LogP contribution in [0.3, 0.4) is 0 Å². The highest BCUT2D eigenvalue weighted by Crippen LogP contribution is 2.29. The molecular formula is C21H27FN2O3. The molecule has 0 spiro atoms. The summed E-state index contributed by atoms with van der Waals surface area (Å²) in [5, 5.41) is 12.1. The third kappa shape index (κ3) is 5.26. The van der Waals surface area contributed by atoms with Crippen LogP contribution in [0.4, 0.5) is 4.39 Å². The maximum absolute atomic E-state index is 13.3. The lowest BCUT2D eigenvalue weighted by atomic mass is 9.99. The molecule has 0 saturated heterocycles. The molecule has 27 heavy (non-hydrogen) atoms. The SMILES string of the molecule is CCCc1nc(OC)c(C(=O)NCC(CC)CO)cc1-c1ccc(F)cc1. The quantitative estimate of drug-likeness (QED) is 0.704. The van der Waals surface area contributed by atoms with Crippen LogP contribution in [0.5, 0.6) is 5.88 Å².